The van der Waals surface area contributed by atoms with E-state index in [0.29, 0.717) is 5.13 Å². The summed E-state index contributed by atoms with van der Waals surface area (Å²) in [7, 11) is 0. The number of likely N-dealkylation sites (tertiary alicyclic amines) is 1. The summed E-state index contributed by atoms with van der Waals surface area (Å²) in [5.41, 5.74) is 6.97. The minimum absolute atomic E-state index is 0. The Morgan fingerprint density at radius 3 is 2.77 bits per heavy atom. The SMILES string of the molecule is CCC(C)C(N)C(=O)Nc1nc(CN2CCCCC2)cs1.Cl. The van der Waals surface area contributed by atoms with Gasteiger partial charge in [-0.3, -0.25) is 9.69 Å². The molecule has 0 aliphatic carbocycles. The van der Waals surface area contributed by atoms with Crippen molar-refractivity contribution in [3.8, 4) is 0 Å². The summed E-state index contributed by atoms with van der Waals surface area (Å²) >= 11 is 1.48. The van der Waals surface area contributed by atoms with E-state index in [0.717, 1.165) is 31.7 Å². The number of amides is 1. The van der Waals surface area contributed by atoms with Crippen molar-refractivity contribution in [2.24, 2.45) is 11.7 Å². The molecule has 5 nitrogen and oxygen atoms in total. The number of carbonyl (C=O) groups excluding carboxylic acids is 1. The molecule has 0 spiro atoms. The second-order valence-corrected chi connectivity index (χ2v) is 6.74. The Hall–Kier alpha value is -0.690. The molecule has 1 amide bonds. The van der Waals surface area contributed by atoms with Crippen LogP contribution in [0, 0.1) is 5.92 Å². The first-order valence-electron chi connectivity index (χ1n) is 7.83. The predicted octanol–water partition coefficient (Wildman–Crippen LogP) is 2.86. The van der Waals surface area contributed by atoms with Crippen LogP contribution in [0.25, 0.3) is 0 Å². The highest BCUT2D eigenvalue weighted by Crippen LogP contribution is 2.19. The molecule has 1 aromatic rings. The highest BCUT2D eigenvalue weighted by atomic mass is 35.5. The van der Waals surface area contributed by atoms with Crippen LogP contribution in [-0.4, -0.2) is 34.9 Å². The van der Waals surface area contributed by atoms with Gasteiger partial charge in [-0.15, -0.1) is 23.7 Å². The van der Waals surface area contributed by atoms with E-state index in [4.69, 9.17) is 5.73 Å². The first-order chi connectivity index (χ1) is 10.1. The zero-order valence-corrected chi connectivity index (χ0v) is 15.0. The van der Waals surface area contributed by atoms with Crippen LogP contribution in [0.5, 0.6) is 0 Å². The smallest absolute Gasteiger partial charge is 0.243 e. The number of nitrogens with zero attached hydrogens (tertiary/aromatic N) is 2. The molecule has 0 aromatic carbocycles. The quantitative estimate of drug-likeness (QED) is 0.830. The summed E-state index contributed by atoms with van der Waals surface area (Å²) < 4.78 is 0. The van der Waals surface area contributed by atoms with E-state index in [1.807, 2.05) is 19.2 Å². The number of anilines is 1. The topological polar surface area (TPSA) is 71.2 Å². The maximum absolute atomic E-state index is 12.0. The molecule has 1 aliphatic heterocycles. The van der Waals surface area contributed by atoms with Crippen LogP contribution in [0.4, 0.5) is 5.13 Å². The first-order valence-corrected chi connectivity index (χ1v) is 8.71. The Morgan fingerprint density at radius 1 is 1.45 bits per heavy atom. The van der Waals surface area contributed by atoms with Gasteiger partial charge < -0.3 is 11.1 Å². The Labute approximate surface area is 143 Å². The Morgan fingerprint density at radius 2 is 2.14 bits per heavy atom. The lowest BCUT2D eigenvalue weighted by Crippen LogP contribution is -2.40. The zero-order valence-electron chi connectivity index (χ0n) is 13.4. The van der Waals surface area contributed by atoms with Crippen molar-refractivity contribution in [2.75, 3.05) is 18.4 Å². The van der Waals surface area contributed by atoms with Crippen LogP contribution in [0.3, 0.4) is 0 Å². The van der Waals surface area contributed by atoms with Crippen molar-refractivity contribution in [3.05, 3.63) is 11.1 Å². The zero-order chi connectivity index (χ0) is 15.2. The van der Waals surface area contributed by atoms with E-state index in [-0.39, 0.29) is 24.2 Å². The number of thiazole rings is 1. The second kappa shape index (κ2) is 9.45. The average Bonchev–Trinajstić information content (AvgIpc) is 2.93. The molecule has 1 aliphatic rings. The van der Waals surface area contributed by atoms with E-state index < -0.39 is 6.04 Å². The van der Waals surface area contributed by atoms with Gasteiger partial charge in [-0.1, -0.05) is 26.7 Å². The highest BCUT2D eigenvalue weighted by Gasteiger charge is 2.20. The van der Waals surface area contributed by atoms with Gasteiger partial charge in [-0.05, 0) is 31.8 Å². The maximum Gasteiger partial charge on any atom is 0.243 e. The predicted molar refractivity (Wildman–Crippen MR) is 94.6 cm³/mol. The normalized spacial score (nSPS) is 18.3. The van der Waals surface area contributed by atoms with Gasteiger partial charge in [0, 0.05) is 11.9 Å². The number of piperidine rings is 1. The van der Waals surface area contributed by atoms with Gasteiger partial charge in [-0.2, -0.15) is 0 Å². The molecule has 2 heterocycles. The van der Waals surface area contributed by atoms with Crippen LogP contribution >= 0.6 is 23.7 Å². The van der Waals surface area contributed by atoms with Crippen LogP contribution in [0.15, 0.2) is 5.38 Å². The number of nitrogens with one attached hydrogen (secondary N) is 1. The minimum atomic E-state index is -0.468. The molecule has 1 aromatic heterocycles. The number of hydrogen-bond donors (Lipinski definition) is 2. The number of nitrogens with two attached hydrogens (primary N) is 1. The average molecular weight is 347 g/mol. The van der Waals surface area contributed by atoms with Crippen LogP contribution < -0.4 is 11.1 Å². The summed E-state index contributed by atoms with van der Waals surface area (Å²) in [4.78, 5) is 19.0. The molecule has 0 radical (unpaired) electrons. The number of aromatic nitrogens is 1. The van der Waals surface area contributed by atoms with Crippen LogP contribution in [0.2, 0.25) is 0 Å². The van der Waals surface area contributed by atoms with E-state index in [2.05, 4.69) is 15.2 Å². The summed E-state index contributed by atoms with van der Waals surface area (Å²) in [5, 5.41) is 5.52. The maximum atomic E-state index is 12.0. The summed E-state index contributed by atoms with van der Waals surface area (Å²) in [6.07, 6.45) is 4.78. The molecule has 22 heavy (non-hydrogen) atoms. The fourth-order valence-electron chi connectivity index (χ4n) is 2.48. The molecule has 2 unspecified atom stereocenters. The Balaban J connectivity index is 0.00000242. The summed E-state index contributed by atoms with van der Waals surface area (Å²) in [6.45, 7) is 7.21. The van der Waals surface area contributed by atoms with Gasteiger partial charge in [0.1, 0.15) is 0 Å². The van der Waals surface area contributed by atoms with Gasteiger partial charge in [-0.25, -0.2) is 4.98 Å². The molecule has 0 saturated carbocycles. The number of carbonyl (C=O) groups is 1. The summed E-state index contributed by atoms with van der Waals surface area (Å²) in [6, 6.07) is -0.468. The van der Waals surface area contributed by atoms with Crippen molar-refractivity contribution in [2.45, 2.75) is 52.1 Å². The summed E-state index contributed by atoms with van der Waals surface area (Å²) in [5.74, 6) is 0.0426. The molecule has 0 bridgehead atoms. The van der Waals surface area contributed by atoms with Crippen molar-refractivity contribution >= 4 is 34.8 Å². The van der Waals surface area contributed by atoms with Gasteiger partial charge in [0.15, 0.2) is 5.13 Å². The monoisotopic (exact) mass is 346 g/mol. The standard InChI is InChI=1S/C15H26N4OS.ClH/c1-3-11(2)13(16)14(20)18-15-17-12(10-21-15)9-19-7-5-4-6-8-19;/h10-11,13H,3-9,16H2,1-2H3,(H,17,18,20);1H. The lowest BCUT2D eigenvalue weighted by Gasteiger charge is -2.25. The Bertz CT molecular complexity index is 462. The van der Waals surface area contributed by atoms with Gasteiger partial charge in [0.05, 0.1) is 11.7 Å². The Kier molecular flexibility index (Phi) is 8.31. The van der Waals surface area contributed by atoms with Gasteiger partial charge in [0.2, 0.25) is 5.91 Å². The molecule has 1 fully saturated rings. The number of hydrogen-bond acceptors (Lipinski definition) is 5. The largest absolute Gasteiger partial charge is 0.320 e. The van der Waals surface area contributed by atoms with Crippen molar-refractivity contribution in [3.63, 3.8) is 0 Å². The molecule has 1 saturated heterocycles. The minimum Gasteiger partial charge on any atom is -0.320 e. The molecule has 7 heteroatoms. The van der Waals surface area contributed by atoms with Gasteiger partial charge in [0.25, 0.3) is 0 Å². The lowest BCUT2D eigenvalue weighted by atomic mass is 10.00. The molecular weight excluding hydrogens is 320 g/mol. The molecule has 2 atom stereocenters. The van der Waals surface area contributed by atoms with Crippen molar-refractivity contribution in [1.82, 2.24) is 9.88 Å². The van der Waals surface area contributed by atoms with E-state index in [1.165, 1.54) is 30.6 Å². The third-order valence-corrected chi connectivity index (χ3v) is 4.98. The van der Waals surface area contributed by atoms with Crippen molar-refractivity contribution in [1.29, 1.82) is 0 Å². The fraction of sp³-hybridized carbons (Fsp3) is 0.733. The second-order valence-electron chi connectivity index (χ2n) is 5.88. The van der Waals surface area contributed by atoms with Crippen LogP contribution in [0.1, 0.15) is 45.2 Å². The van der Waals surface area contributed by atoms with Crippen molar-refractivity contribution < 1.29 is 4.79 Å². The van der Waals surface area contributed by atoms with Crippen LogP contribution in [-0.2, 0) is 11.3 Å². The third kappa shape index (κ3) is 5.50. The highest BCUT2D eigenvalue weighted by molar-refractivity contribution is 7.13. The number of rotatable bonds is 6. The molecule has 126 valence electrons. The van der Waals surface area contributed by atoms with E-state index in [9.17, 15) is 4.79 Å². The van der Waals surface area contributed by atoms with Gasteiger partial charge >= 0.3 is 0 Å². The number of halogens is 1. The lowest BCUT2D eigenvalue weighted by molar-refractivity contribution is -0.118. The third-order valence-electron chi connectivity index (χ3n) is 4.18. The molecular formula is C15H27ClN4OS. The molecule has 2 rings (SSSR count). The fourth-order valence-corrected chi connectivity index (χ4v) is 3.19. The van der Waals surface area contributed by atoms with E-state index >= 15 is 0 Å². The first kappa shape index (κ1) is 19.4. The van der Waals surface area contributed by atoms with E-state index in [1.54, 1.807) is 0 Å². The molecule has 3 N–H and O–H groups in total.